The van der Waals surface area contributed by atoms with Crippen molar-refractivity contribution in [3.8, 4) is 5.75 Å². The molecule has 1 heterocycles. The first kappa shape index (κ1) is 14.8. The zero-order valence-corrected chi connectivity index (χ0v) is 11.7. The molecule has 110 valence electrons. The normalized spacial score (nSPS) is 10.2. The standard InChI is InChI=1S/C15H15FN2O3/c1-18(9-10-5-3-4-6-12(10)21-2)14-13(16)11(15(19)20)7-8-17-14/h3-8H,9H2,1-2H3,(H,19,20). The fourth-order valence-electron chi connectivity index (χ4n) is 2.03. The molecule has 0 aliphatic rings. The smallest absolute Gasteiger partial charge is 0.338 e. The summed E-state index contributed by atoms with van der Waals surface area (Å²) in [5, 5.41) is 8.94. The first-order valence-corrected chi connectivity index (χ1v) is 6.25. The van der Waals surface area contributed by atoms with Crippen molar-refractivity contribution in [2.75, 3.05) is 19.1 Å². The molecule has 0 atom stereocenters. The van der Waals surface area contributed by atoms with Crippen molar-refractivity contribution in [1.82, 2.24) is 4.98 Å². The molecule has 0 unspecified atom stereocenters. The van der Waals surface area contributed by atoms with Gasteiger partial charge < -0.3 is 14.7 Å². The molecule has 2 rings (SSSR count). The Bertz CT molecular complexity index is 661. The van der Waals surface area contributed by atoms with Gasteiger partial charge in [0.05, 0.1) is 7.11 Å². The van der Waals surface area contributed by atoms with Crippen molar-refractivity contribution in [1.29, 1.82) is 0 Å². The Balaban J connectivity index is 2.31. The molecule has 0 saturated carbocycles. The molecule has 1 aromatic heterocycles. The summed E-state index contributed by atoms with van der Waals surface area (Å²) in [4.78, 5) is 16.4. The molecule has 0 spiro atoms. The third-order valence-electron chi connectivity index (χ3n) is 3.06. The summed E-state index contributed by atoms with van der Waals surface area (Å²) in [6.07, 6.45) is 1.28. The van der Waals surface area contributed by atoms with Crippen LogP contribution in [0.5, 0.6) is 5.75 Å². The van der Waals surface area contributed by atoms with Gasteiger partial charge >= 0.3 is 5.97 Å². The average molecular weight is 290 g/mol. The Morgan fingerprint density at radius 3 is 2.76 bits per heavy atom. The fraction of sp³-hybridized carbons (Fsp3) is 0.200. The second kappa shape index (κ2) is 6.21. The average Bonchev–Trinajstić information content (AvgIpc) is 2.47. The third kappa shape index (κ3) is 3.10. The molecule has 0 amide bonds. The maximum atomic E-state index is 14.1. The minimum Gasteiger partial charge on any atom is -0.496 e. The summed E-state index contributed by atoms with van der Waals surface area (Å²) in [7, 11) is 3.20. The lowest BCUT2D eigenvalue weighted by Crippen LogP contribution is -2.20. The second-order valence-corrected chi connectivity index (χ2v) is 4.47. The van der Waals surface area contributed by atoms with Crippen LogP contribution in [0, 0.1) is 5.82 Å². The van der Waals surface area contributed by atoms with Gasteiger partial charge in [-0.25, -0.2) is 14.2 Å². The van der Waals surface area contributed by atoms with Gasteiger partial charge in [-0.2, -0.15) is 0 Å². The number of hydrogen-bond acceptors (Lipinski definition) is 4. The summed E-state index contributed by atoms with van der Waals surface area (Å²) in [6.45, 7) is 0.344. The highest BCUT2D eigenvalue weighted by Gasteiger charge is 2.18. The number of aromatic nitrogens is 1. The number of carboxylic acids is 1. The summed E-state index contributed by atoms with van der Waals surface area (Å²) in [6, 6.07) is 8.49. The quantitative estimate of drug-likeness (QED) is 0.917. The maximum Gasteiger partial charge on any atom is 0.338 e. The number of methoxy groups -OCH3 is 1. The van der Waals surface area contributed by atoms with Gasteiger partial charge in [0.2, 0.25) is 0 Å². The number of carboxylic acid groups (broad SMARTS) is 1. The number of ether oxygens (including phenoxy) is 1. The fourth-order valence-corrected chi connectivity index (χ4v) is 2.03. The van der Waals surface area contributed by atoms with Crippen molar-refractivity contribution in [3.63, 3.8) is 0 Å². The number of benzene rings is 1. The Labute approximate surface area is 121 Å². The molecule has 1 N–H and O–H groups in total. The van der Waals surface area contributed by atoms with Crippen LogP contribution in [0.4, 0.5) is 10.2 Å². The van der Waals surface area contributed by atoms with Crippen molar-refractivity contribution >= 4 is 11.8 Å². The molecule has 0 bridgehead atoms. The number of rotatable bonds is 5. The molecule has 2 aromatic rings. The minimum absolute atomic E-state index is 0.0131. The number of carbonyl (C=O) groups is 1. The van der Waals surface area contributed by atoms with Gasteiger partial charge in [-0.15, -0.1) is 0 Å². The highest BCUT2D eigenvalue weighted by Crippen LogP contribution is 2.23. The number of pyridine rings is 1. The molecule has 0 aliphatic heterocycles. The van der Waals surface area contributed by atoms with Crippen LogP contribution in [0.3, 0.4) is 0 Å². The molecular weight excluding hydrogens is 275 g/mol. The van der Waals surface area contributed by atoms with E-state index in [1.54, 1.807) is 25.1 Å². The molecular formula is C15H15FN2O3. The lowest BCUT2D eigenvalue weighted by molar-refractivity contribution is 0.0691. The topological polar surface area (TPSA) is 62.7 Å². The van der Waals surface area contributed by atoms with E-state index in [1.807, 2.05) is 18.2 Å². The minimum atomic E-state index is -1.32. The number of hydrogen-bond donors (Lipinski definition) is 1. The van der Waals surface area contributed by atoms with Gasteiger partial charge in [0.25, 0.3) is 0 Å². The van der Waals surface area contributed by atoms with Crippen LogP contribution in [0.15, 0.2) is 36.5 Å². The van der Waals surface area contributed by atoms with E-state index < -0.39 is 17.3 Å². The van der Waals surface area contributed by atoms with Crippen molar-refractivity contribution in [3.05, 3.63) is 53.5 Å². The van der Waals surface area contributed by atoms with Crippen LogP contribution in [0.1, 0.15) is 15.9 Å². The zero-order valence-electron chi connectivity index (χ0n) is 11.7. The van der Waals surface area contributed by atoms with Crippen LogP contribution in [-0.4, -0.2) is 30.2 Å². The number of nitrogens with zero attached hydrogens (tertiary/aromatic N) is 2. The van der Waals surface area contributed by atoms with E-state index >= 15 is 0 Å². The Hall–Kier alpha value is -2.63. The maximum absolute atomic E-state index is 14.1. The van der Waals surface area contributed by atoms with Gasteiger partial charge in [-0.1, -0.05) is 18.2 Å². The van der Waals surface area contributed by atoms with E-state index in [4.69, 9.17) is 9.84 Å². The van der Waals surface area contributed by atoms with Crippen LogP contribution < -0.4 is 9.64 Å². The number of para-hydroxylation sites is 1. The number of aromatic carboxylic acids is 1. The summed E-state index contributed by atoms with van der Waals surface area (Å²) in [5.41, 5.74) is 0.455. The van der Waals surface area contributed by atoms with Crippen molar-refractivity contribution < 1.29 is 19.0 Å². The number of halogens is 1. The van der Waals surface area contributed by atoms with Gasteiger partial charge in [-0.3, -0.25) is 0 Å². The van der Waals surface area contributed by atoms with Crippen LogP contribution in [0.25, 0.3) is 0 Å². The first-order chi connectivity index (χ1) is 10.0. The van der Waals surface area contributed by atoms with Gasteiger partial charge in [-0.05, 0) is 12.1 Å². The van der Waals surface area contributed by atoms with Crippen molar-refractivity contribution in [2.45, 2.75) is 6.54 Å². The third-order valence-corrected chi connectivity index (χ3v) is 3.06. The van der Waals surface area contributed by atoms with Crippen molar-refractivity contribution in [2.24, 2.45) is 0 Å². The SMILES string of the molecule is COc1ccccc1CN(C)c1nccc(C(=O)O)c1F. The van der Waals surface area contributed by atoms with E-state index in [9.17, 15) is 9.18 Å². The van der Waals surface area contributed by atoms with E-state index in [-0.39, 0.29) is 5.82 Å². The van der Waals surface area contributed by atoms with Crippen LogP contribution in [-0.2, 0) is 6.54 Å². The molecule has 0 saturated heterocycles. The van der Waals surface area contributed by atoms with E-state index in [0.29, 0.717) is 12.3 Å². The second-order valence-electron chi connectivity index (χ2n) is 4.47. The first-order valence-electron chi connectivity index (χ1n) is 6.25. The molecule has 1 aromatic carbocycles. The molecule has 0 fully saturated rings. The van der Waals surface area contributed by atoms with Gasteiger partial charge in [0.1, 0.15) is 11.3 Å². The Morgan fingerprint density at radius 1 is 1.38 bits per heavy atom. The summed E-state index contributed by atoms with van der Waals surface area (Å²) < 4.78 is 19.4. The predicted molar refractivity (Wildman–Crippen MR) is 76.3 cm³/mol. The van der Waals surface area contributed by atoms with E-state index in [1.165, 1.54) is 6.20 Å². The monoisotopic (exact) mass is 290 g/mol. The largest absolute Gasteiger partial charge is 0.496 e. The number of anilines is 1. The van der Waals surface area contributed by atoms with E-state index in [2.05, 4.69) is 4.98 Å². The van der Waals surface area contributed by atoms with Crippen LogP contribution in [0.2, 0.25) is 0 Å². The Kier molecular flexibility index (Phi) is 4.37. The Morgan fingerprint density at radius 2 is 2.10 bits per heavy atom. The predicted octanol–water partition coefficient (Wildman–Crippen LogP) is 2.56. The lowest BCUT2D eigenvalue weighted by atomic mass is 10.2. The molecule has 21 heavy (non-hydrogen) atoms. The van der Waals surface area contributed by atoms with Gasteiger partial charge in [0.15, 0.2) is 11.6 Å². The molecule has 0 radical (unpaired) electrons. The molecule has 6 heteroatoms. The van der Waals surface area contributed by atoms with Gasteiger partial charge in [0, 0.05) is 25.4 Å². The van der Waals surface area contributed by atoms with E-state index in [0.717, 1.165) is 11.6 Å². The summed E-state index contributed by atoms with van der Waals surface area (Å²) in [5.74, 6) is -1.50. The lowest BCUT2D eigenvalue weighted by Gasteiger charge is -2.20. The molecule has 0 aliphatic carbocycles. The highest BCUT2D eigenvalue weighted by atomic mass is 19.1. The van der Waals surface area contributed by atoms with Crippen LogP contribution >= 0.6 is 0 Å². The molecule has 5 nitrogen and oxygen atoms in total. The summed E-state index contributed by atoms with van der Waals surface area (Å²) >= 11 is 0. The highest BCUT2D eigenvalue weighted by molar-refractivity contribution is 5.88. The zero-order chi connectivity index (χ0) is 15.4.